The van der Waals surface area contributed by atoms with Gasteiger partial charge in [-0.2, -0.15) is 0 Å². The number of nitrogens with zero attached hydrogens (tertiary/aromatic N) is 2. The zero-order valence-corrected chi connectivity index (χ0v) is 20.8. The van der Waals surface area contributed by atoms with Gasteiger partial charge in [-0.1, -0.05) is 49.4 Å². The number of hydrogen-bond acceptors (Lipinski definition) is 4. The predicted molar refractivity (Wildman–Crippen MR) is 135 cm³/mol. The first-order chi connectivity index (χ1) is 15.8. The van der Waals surface area contributed by atoms with Crippen LogP contribution in [0.15, 0.2) is 73.1 Å². The number of aromatic nitrogens is 2. The molecule has 7 heteroatoms. The van der Waals surface area contributed by atoms with Crippen LogP contribution in [0.2, 0.25) is 30.7 Å². The van der Waals surface area contributed by atoms with E-state index in [0.29, 0.717) is 46.3 Å². The van der Waals surface area contributed by atoms with Gasteiger partial charge in [0.15, 0.2) is 5.78 Å². The van der Waals surface area contributed by atoms with E-state index in [1.807, 2.05) is 34.9 Å². The van der Waals surface area contributed by atoms with E-state index in [-0.39, 0.29) is 5.78 Å². The van der Waals surface area contributed by atoms with Gasteiger partial charge in [0.1, 0.15) is 23.9 Å². The third-order valence-corrected chi connectivity index (χ3v) is 7.29. The van der Waals surface area contributed by atoms with E-state index in [4.69, 9.17) is 21.1 Å². The Morgan fingerprint density at radius 3 is 2.39 bits per heavy atom. The number of para-hydroxylation sites is 1. The minimum absolute atomic E-state index is 0.123. The Hall–Kier alpha value is -2.93. The second kappa shape index (κ2) is 9.91. The monoisotopic (exact) mass is 478 g/mol. The summed E-state index contributed by atoms with van der Waals surface area (Å²) < 4.78 is 13.6. The third kappa shape index (κ3) is 5.71. The zero-order chi connectivity index (χ0) is 23.4. The zero-order valence-electron chi connectivity index (χ0n) is 19.0. The molecule has 170 valence electrons. The minimum atomic E-state index is -1.18. The van der Waals surface area contributed by atoms with Crippen molar-refractivity contribution in [2.45, 2.75) is 32.4 Å². The number of ether oxygens (including phenoxy) is 2. The number of ketones is 1. The summed E-state index contributed by atoms with van der Waals surface area (Å²) in [7, 11) is -1.18. The number of pyridine rings is 1. The molecule has 33 heavy (non-hydrogen) atoms. The highest BCUT2D eigenvalue weighted by Gasteiger charge is 2.20. The molecule has 0 unspecified atom stereocenters. The number of benzene rings is 2. The summed E-state index contributed by atoms with van der Waals surface area (Å²) >= 11 is 6.48. The van der Waals surface area contributed by atoms with Gasteiger partial charge < -0.3 is 14.0 Å². The first-order valence-corrected chi connectivity index (χ1v) is 15.0. The molecule has 0 aliphatic heterocycles. The molecule has 0 fully saturated rings. The molecule has 0 saturated carbocycles. The van der Waals surface area contributed by atoms with Gasteiger partial charge in [-0.25, -0.2) is 4.98 Å². The number of carbonyl (C=O) groups is 1. The normalized spacial score (nSPS) is 11.6. The largest absolute Gasteiger partial charge is 0.457 e. The number of carbonyl (C=O) groups excluding carboxylic acids is 1. The van der Waals surface area contributed by atoms with Gasteiger partial charge in [0.25, 0.3) is 0 Å². The Balaban J connectivity index is 1.56. The van der Waals surface area contributed by atoms with Crippen molar-refractivity contribution in [1.82, 2.24) is 9.55 Å². The molecule has 0 atom stereocenters. The van der Waals surface area contributed by atoms with Crippen molar-refractivity contribution in [3.63, 3.8) is 0 Å². The lowest BCUT2D eigenvalue weighted by Gasteiger charge is -2.15. The molecule has 0 bridgehead atoms. The smallest absolute Gasteiger partial charge is 0.195 e. The summed E-state index contributed by atoms with van der Waals surface area (Å²) in [5.41, 5.74) is 1.70. The van der Waals surface area contributed by atoms with Gasteiger partial charge in [-0.15, -0.1) is 0 Å². The Labute approximate surface area is 199 Å². The molecule has 0 aliphatic rings. The van der Waals surface area contributed by atoms with Crippen LogP contribution in [0.3, 0.4) is 0 Å². The van der Waals surface area contributed by atoms with Crippen LogP contribution < -0.4 is 4.74 Å². The van der Waals surface area contributed by atoms with Gasteiger partial charge in [-0.05, 0) is 48.5 Å². The van der Waals surface area contributed by atoms with Crippen molar-refractivity contribution in [3.8, 4) is 11.5 Å². The Morgan fingerprint density at radius 2 is 1.70 bits per heavy atom. The quantitative estimate of drug-likeness (QED) is 0.147. The lowest BCUT2D eigenvalue weighted by atomic mass is 10.0. The minimum Gasteiger partial charge on any atom is -0.457 e. The van der Waals surface area contributed by atoms with Gasteiger partial charge in [-0.3, -0.25) is 4.79 Å². The summed E-state index contributed by atoms with van der Waals surface area (Å²) in [4.78, 5) is 17.8. The van der Waals surface area contributed by atoms with Crippen LogP contribution in [-0.4, -0.2) is 30.0 Å². The molecule has 2 aromatic carbocycles. The summed E-state index contributed by atoms with van der Waals surface area (Å²) in [6.07, 6.45) is 3.43. The van der Waals surface area contributed by atoms with E-state index in [9.17, 15) is 4.79 Å². The second-order valence-electron chi connectivity index (χ2n) is 9.12. The Kier molecular flexibility index (Phi) is 6.98. The second-order valence-corrected chi connectivity index (χ2v) is 15.1. The van der Waals surface area contributed by atoms with Crippen LogP contribution >= 0.6 is 11.6 Å². The maximum absolute atomic E-state index is 13.4. The van der Waals surface area contributed by atoms with E-state index in [1.165, 1.54) is 0 Å². The van der Waals surface area contributed by atoms with Crippen molar-refractivity contribution < 1.29 is 14.3 Å². The molecule has 5 nitrogen and oxygen atoms in total. The standard InChI is InChI=1S/C26H27ClN2O3Si/c1-33(2,3)16-15-31-18-29-17-22(24-23(27)13-14-28-26(24)29)25(30)19-9-11-21(12-10-19)32-20-7-5-4-6-8-20/h4-14,17H,15-16,18H2,1-3H3. The van der Waals surface area contributed by atoms with E-state index in [0.717, 1.165) is 11.8 Å². The average molecular weight is 479 g/mol. The first-order valence-electron chi connectivity index (χ1n) is 10.9. The van der Waals surface area contributed by atoms with Gasteiger partial charge in [0.2, 0.25) is 0 Å². The summed E-state index contributed by atoms with van der Waals surface area (Å²) in [6.45, 7) is 7.95. The molecule has 0 saturated heterocycles. The van der Waals surface area contributed by atoms with E-state index in [2.05, 4.69) is 24.6 Å². The van der Waals surface area contributed by atoms with Gasteiger partial charge >= 0.3 is 0 Å². The Bertz CT molecular complexity index is 1250. The maximum atomic E-state index is 13.4. The van der Waals surface area contributed by atoms with Crippen LogP contribution in [0.5, 0.6) is 11.5 Å². The fourth-order valence-corrected chi connectivity index (χ4v) is 4.44. The molecule has 0 spiro atoms. The van der Waals surface area contributed by atoms with E-state index < -0.39 is 8.07 Å². The van der Waals surface area contributed by atoms with Crippen LogP contribution in [0.25, 0.3) is 11.0 Å². The van der Waals surface area contributed by atoms with Gasteiger partial charge in [0.05, 0.1) is 10.6 Å². The van der Waals surface area contributed by atoms with Crippen molar-refractivity contribution in [2.24, 2.45) is 0 Å². The van der Waals surface area contributed by atoms with Crippen molar-refractivity contribution >= 4 is 36.5 Å². The lowest BCUT2D eigenvalue weighted by Crippen LogP contribution is -2.22. The highest BCUT2D eigenvalue weighted by Crippen LogP contribution is 2.30. The molecule has 4 aromatic rings. The highest BCUT2D eigenvalue weighted by molar-refractivity contribution is 6.76. The molecule has 2 heterocycles. The summed E-state index contributed by atoms with van der Waals surface area (Å²) in [5, 5.41) is 1.14. The fraction of sp³-hybridized carbons (Fsp3) is 0.231. The van der Waals surface area contributed by atoms with E-state index >= 15 is 0 Å². The predicted octanol–water partition coefficient (Wildman–Crippen LogP) is 7.03. The molecule has 2 aromatic heterocycles. The number of rotatable bonds is 9. The van der Waals surface area contributed by atoms with Crippen LogP contribution in [0.1, 0.15) is 15.9 Å². The van der Waals surface area contributed by atoms with E-state index in [1.54, 1.807) is 42.7 Å². The molecular formula is C26H27ClN2O3Si. The van der Waals surface area contributed by atoms with Crippen LogP contribution in [-0.2, 0) is 11.5 Å². The third-order valence-electron chi connectivity index (χ3n) is 5.27. The molecule has 0 amide bonds. The topological polar surface area (TPSA) is 53.4 Å². The van der Waals surface area contributed by atoms with Crippen molar-refractivity contribution in [3.05, 3.63) is 89.2 Å². The number of fused-ring (bicyclic) bond motifs is 1. The van der Waals surface area contributed by atoms with Crippen molar-refractivity contribution in [2.75, 3.05) is 6.61 Å². The first kappa shape index (κ1) is 23.2. The molecule has 0 N–H and O–H groups in total. The maximum Gasteiger partial charge on any atom is 0.195 e. The Morgan fingerprint density at radius 1 is 1.00 bits per heavy atom. The molecule has 0 aliphatic carbocycles. The fourth-order valence-electron chi connectivity index (χ4n) is 3.44. The summed E-state index contributed by atoms with van der Waals surface area (Å²) in [6, 6.07) is 19.4. The van der Waals surface area contributed by atoms with Crippen LogP contribution in [0.4, 0.5) is 0 Å². The SMILES string of the molecule is C[Si](C)(C)CCOCn1cc(C(=O)c2ccc(Oc3ccccc3)cc2)c2c(Cl)ccnc21. The van der Waals surface area contributed by atoms with Crippen LogP contribution in [0, 0.1) is 0 Å². The lowest BCUT2D eigenvalue weighted by molar-refractivity contribution is 0.0896. The number of hydrogen-bond donors (Lipinski definition) is 0. The van der Waals surface area contributed by atoms with Gasteiger partial charge in [0, 0.05) is 38.0 Å². The number of halogens is 1. The average Bonchev–Trinajstić information content (AvgIpc) is 3.17. The molecule has 0 radical (unpaired) electrons. The van der Waals surface area contributed by atoms with Crippen molar-refractivity contribution in [1.29, 1.82) is 0 Å². The summed E-state index contributed by atoms with van der Waals surface area (Å²) in [5.74, 6) is 1.28. The molecular weight excluding hydrogens is 452 g/mol. The molecule has 4 rings (SSSR count). The highest BCUT2D eigenvalue weighted by atomic mass is 35.5.